The van der Waals surface area contributed by atoms with Crippen LogP contribution < -0.4 is 5.32 Å². The van der Waals surface area contributed by atoms with E-state index in [0.29, 0.717) is 12.4 Å². The van der Waals surface area contributed by atoms with Crippen LogP contribution in [0.2, 0.25) is 0 Å². The lowest BCUT2D eigenvalue weighted by molar-refractivity contribution is -0.0269. The molecule has 21 heavy (non-hydrogen) atoms. The van der Waals surface area contributed by atoms with Crippen molar-refractivity contribution in [2.75, 3.05) is 11.9 Å². The second-order valence-electron chi connectivity index (χ2n) is 6.48. The number of aromatic nitrogens is 1. The van der Waals surface area contributed by atoms with E-state index in [2.05, 4.69) is 10.3 Å². The van der Waals surface area contributed by atoms with Crippen LogP contribution in [0.25, 0.3) is 0 Å². The number of aliphatic hydroxyl groups is 1. The fourth-order valence-corrected chi connectivity index (χ4v) is 1.41. The van der Waals surface area contributed by atoms with Gasteiger partial charge in [0.05, 0.1) is 18.8 Å². The summed E-state index contributed by atoms with van der Waals surface area (Å²) in [6.07, 6.45) is 1.07. The van der Waals surface area contributed by atoms with Crippen LogP contribution in [0.5, 0.6) is 0 Å². The minimum Gasteiger partial charge on any atom is -0.444 e. The summed E-state index contributed by atoms with van der Waals surface area (Å²) in [5.74, 6) is 0.412. The molecular formula is C15H24N2O4. The van der Waals surface area contributed by atoms with E-state index in [4.69, 9.17) is 9.47 Å². The van der Waals surface area contributed by atoms with Crippen LogP contribution in [0.4, 0.5) is 10.6 Å². The molecule has 0 saturated heterocycles. The number of ether oxygens (including phenoxy) is 2. The summed E-state index contributed by atoms with van der Waals surface area (Å²) >= 11 is 0. The number of anilines is 1. The highest BCUT2D eigenvalue weighted by atomic mass is 16.6. The second kappa shape index (κ2) is 6.87. The highest BCUT2D eigenvalue weighted by Crippen LogP contribution is 2.11. The summed E-state index contributed by atoms with van der Waals surface area (Å²) < 4.78 is 10.5. The topological polar surface area (TPSA) is 80.7 Å². The quantitative estimate of drug-likeness (QED) is 0.873. The second-order valence-corrected chi connectivity index (χ2v) is 6.48. The SMILES string of the molecule is CC(C)(O)COCc1ccc(NC(=O)OC(C)(C)C)nc1. The van der Waals surface area contributed by atoms with Crippen molar-refractivity contribution < 1.29 is 19.4 Å². The first-order valence-electron chi connectivity index (χ1n) is 6.80. The lowest BCUT2D eigenvalue weighted by atomic mass is 10.2. The Labute approximate surface area is 125 Å². The van der Waals surface area contributed by atoms with E-state index in [9.17, 15) is 9.90 Å². The fourth-order valence-electron chi connectivity index (χ4n) is 1.41. The van der Waals surface area contributed by atoms with Gasteiger partial charge in [-0.1, -0.05) is 6.07 Å². The zero-order chi connectivity index (χ0) is 16.1. The Bertz CT molecular complexity index is 458. The Morgan fingerprint density at radius 2 is 1.95 bits per heavy atom. The number of pyridine rings is 1. The Hall–Kier alpha value is -1.66. The lowest BCUT2D eigenvalue weighted by Crippen LogP contribution is -2.27. The molecule has 0 aliphatic carbocycles. The van der Waals surface area contributed by atoms with Gasteiger partial charge in [-0.25, -0.2) is 9.78 Å². The molecule has 0 saturated carbocycles. The third kappa shape index (κ3) is 8.27. The van der Waals surface area contributed by atoms with E-state index < -0.39 is 17.3 Å². The Morgan fingerprint density at radius 3 is 2.43 bits per heavy atom. The van der Waals surface area contributed by atoms with Crippen LogP contribution in [0.1, 0.15) is 40.2 Å². The van der Waals surface area contributed by atoms with Crippen LogP contribution in [-0.4, -0.2) is 34.0 Å². The number of rotatable bonds is 5. The Morgan fingerprint density at radius 1 is 1.29 bits per heavy atom. The van der Waals surface area contributed by atoms with E-state index in [0.717, 1.165) is 5.56 Å². The molecule has 0 unspecified atom stereocenters. The van der Waals surface area contributed by atoms with Gasteiger partial charge in [0, 0.05) is 6.20 Å². The van der Waals surface area contributed by atoms with E-state index >= 15 is 0 Å². The van der Waals surface area contributed by atoms with Crippen molar-refractivity contribution in [2.45, 2.75) is 52.4 Å². The van der Waals surface area contributed by atoms with Crippen LogP contribution in [-0.2, 0) is 16.1 Å². The van der Waals surface area contributed by atoms with Crippen molar-refractivity contribution in [1.29, 1.82) is 0 Å². The van der Waals surface area contributed by atoms with E-state index in [1.165, 1.54) is 0 Å². The number of nitrogens with zero attached hydrogens (tertiary/aromatic N) is 1. The summed E-state index contributed by atoms with van der Waals surface area (Å²) in [6.45, 7) is 9.34. The highest BCUT2D eigenvalue weighted by molar-refractivity contribution is 5.83. The number of amides is 1. The van der Waals surface area contributed by atoms with Gasteiger partial charge in [0.15, 0.2) is 0 Å². The average Bonchev–Trinajstić information content (AvgIpc) is 2.27. The predicted octanol–water partition coefficient (Wildman–Crippen LogP) is 2.72. The number of nitrogens with one attached hydrogen (secondary N) is 1. The molecule has 0 fully saturated rings. The molecule has 118 valence electrons. The van der Waals surface area contributed by atoms with Gasteiger partial charge in [-0.2, -0.15) is 0 Å². The van der Waals surface area contributed by atoms with Crippen LogP contribution in [0, 0.1) is 0 Å². The molecule has 0 atom stereocenters. The molecule has 0 aliphatic heterocycles. The molecule has 1 amide bonds. The monoisotopic (exact) mass is 296 g/mol. The van der Waals surface area contributed by atoms with Gasteiger partial charge >= 0.3 is 6.09 Å². The maximum atomic E-state index is 11.6. The van der Waals surface area contributed by atoms with Gasteiger partial charge in [-0.05, 0) is 46.2 Å². The summed E-state index contributed by atoms with van der Waals surface area (Å²) in [5.41, 5.74) is -0.547. The van der Waals surface area contributed by atoms with Gasteiger partial charge in [0.1, 0.15) is 11.4 Å². The van der Waals surface area contributed by atoms with Crippen LogP contribution in [0.3, 0.4) is 0 Å². The molecule has 0 aliphatic rings. The molecule has 1 aromatic rings. The largest absolute Gasteiger partial charge is 0.444 e. The summed E-state index contributed by atoms with van der Waals surface area (Å²) in [4.78, 5) is 15.7. The van der Waals surface area contributed by atoms with Gasteiger partial charge in [0.2, 0.25) is 0 Å². The van der Waals surface area contributed by atoms with Gasteiger partial charge < -0.3 is 14.6 Å². The fraction of sp³-hybridized carbons (Fsp3) is 0.600. The molecule has 6 heteroatoms. The average molecular weight is 296 g/mol. The third-order valence-electron chi connectivity index (χ3n) is 2.18. The molecule has 0 spiro atoms. The van der Waals surface area contributed by atoms with Crippen LogP contribution >= 0.6 is 0 Å². The number of hydrogen-bond donors (Lipinski definition) is 2. The standard InChI is InChI=1S/C15H24N2O4/c1-14(2,3)21-13(18)17-12-7-6-11(8-16-12)9-20-10-15(4,5)19/h6-8,19H,9-10H2,1-5H3,(H,16,17,18). The highest BCUT2D eigenvalue weighted by Gasteiger charge is 2.16. The summed E-state index contributed by atoms with van der Waals surface area (Å²) in [5, 5.41) is 12.1. The number of carbonyl (C=O) groups is 1. The van der Waals surface area contributed by atoms with Crippen molar-refractivity contribution >= 4 is 11.9 Å². The molecule has 0 radical (unpaired) electrons. The Balaban J connectivity index is 2.45. The molecule has 1 heterocycles. The molecular weight excluding hydrogens is 272 g/mol. The normalized spacial score (nSPS) is 12.1. The Kier molecular flexibility index (Phi) is 5.69. The van der Waals surface area contributed by atoms with Crippen molar-refractivity contribution in [2.24, 2.45) is 0 Å². The zero-order valence-corrected chi connectivity index (χ0v) is 13.3. The minimum absolute atomic E-state index is 0.241. The predicted molar refractivity (Wildman–Crippen MR) is 80.0 cm³/mol. The number of hydrogen-bond acceptors (Lipinski definition) is 5. The van der Waals surface area contributed by atoms with Crippen molar-refractivity contribution in [3.8, 4) is 0 Å². The van der Waals surface area contributed by atoms with Gasteiger partial charge in [-0.3, -0.25) is 5.32 Å². The first-order chi connectivity index (χ1) is 9.55. The zero-order valence-electron chi connectivity index (χ0n) is 13.3. The van der Waals surface area contributed by atoms with Crippen molar-refractivity contribution in [3.63, 3.8) is 0 Å². The van der Waals surface area contributed by atoms with E-state index in [-0.39, 0.29) is 6.61 Å². The third-order valence-corrected chi connectivity index (χ3v) is 2.18. The first kappa shape index (κ1) is 17.4. The smallest absolute Gasteiger partial charge is 0.413 e. The first-order valence-corrected chi connectivity index (χ1v) is 6.80. The molecule has 1 aromatic heterocycles. The van der Waals surface area contributed by atoms with Crippen LogP contribution in [0.15, 0.2) is 18.3 Å². The number of carbonyl (C=O) groups excluding carboxylic acids is 1. The lowest BCUT2D eigenvalue weighted by Gasteiger charge is -2.19. The van der Waals surface area contributed by atoms with E-state index in [1.807, 2.05) is 0 Å². The maximum Gasteiger partial charge on any atom is 0.413 e. The molecule has 0 aromatic carbocycles. The van der Waals surface area contributed by atoms with Crippen molar-refractivity contribution in [3.05, 3.63) is 23.9 Å². The van der Waals surface area contributed by atoms with Crippen molar-refractivity contribution in [1.82, 2.24) is 4.98 Å². The minimum atomic E-state index is -0.856. The maximum absolute atomic E-state index is 11.6. The molecule has 0 bridgehead atoms. The molecule has 2 N–H and O–H groups in total. The van der Waals surface area contributed by atoms with E-state index in [1.54, 1.807) is 52.9 Å². The van der Waals surface area contributed by atoms with Gasteiger partial charge in [0.25, 0.3) is 0 Å². The summed E-state index contributed by atoms with van der Waals surface area (Å²) in [7, 11) is 0. The van der Waals surface area contributed by atoms with Gasteiger partial charge in [-0.15, -0.1) is 0 Å². The summed E-state index contributed by atoms with van der Waals surface area (Å²) in [6, 6.07) is 3.47. The molecule has 6 nitrogen and oxygen atoms in total. The molecule has 1 rings (SSSR count).